The van der Waals surface area contributed by atoms with E-state index in [9.17, 15) is 19.2 Å². The lowest BCUT2D eigenvalue weighted by molar-refractivity contribution is -0.217. The van der Waals surface area contributed by atoms with Gasteiger partial charge in [0.1, 0.15) is 12.2 Å². The molecule has 0 radical (unpaired) electrons. The van der Waals surface area contributed by atoms with Crippen LogP contribution >= 0.6 is 0 Å². The van der Waals surface area contributed by atoms with Gasteiger partial charge in [-0.25, -0.2) is 0 Å². The zero-order valence-corrected chi connectivity index (χ0v) is 13.9. The summed E-state index contributed by atoms with van der Waals surface area (Å²) in [6.07, 6.45) is -3.38. The van der Waals surface area contributed by atoms with Crippen LogP contribution < -0.4 is 0 Å². The summed E-state index contributed by atoms with van der Waals surface area (Å²) in [7, 11) is 0. The first-order chi connectivity index (χ1) is 10.6. The summed E-state index contributed by atoms with van der Waals surface area (Å²) in [6.45, 7) is 6.61. The maximum atomic E-state index is 11.4. The van der Waals surface area contributed by atoms with Gasteiger partial charge in [-0.3, -0.25) is 19.2 Å². The fourth-order valence-electron chi connectivity index (χ4n) is 2.72. The molecule has 0 unspecified atom stereocenters. The summed E-state index contributed by atoms with van der Waals surface area (Å²) in [5.74, 6) is -2.61. The Kier molecular flexibility index (Phi) is 6.53. The first kappa shape index (κ1) is 18.9. The van der Waals surface area contributed by atoms with Crippen molar-refractivity contribution < 1.29 is 38.1 Å². The molecule has 0 aromatic heterocycles. The molecule has 0 aromatic carbocycles. The van der Waals surface area contributed by atoms with Gasteiger partial charge in [0.2, 0.25) is 0 Å². The highest BCUT2D eigenvalue weighted by atomic mass is 16.6. The van der Waals surface area contributed by atoms with E-state index >= 15 is 0 Å². The monoisotopic (exact) mass is 330 g/mol. The van der Waals surface area contributed by atoms with Gasteiger partial charge < -0.3 is 18.9 Å². The van der Waals surface area contributed by atoms with Gasteiger partial charge in [0, 0.05) is 33.6 Å². The second kappa shape index (κ2) is 7.94. The van der Waals surface area contributed by atoms with E-state index in [0.717, 1.165) is 0 Å². The molecule has 0 spiro atoms. The summed E-state index contributed by atoms with van der Waals surface area (Å²) >= 11 is 0. The van der Waals surface area contributed by atoms with Crippen molar-refractivity contribution in [2.24, 2.45) is 5.92 Å². The smallest absolute Gasteiger partial charge is 0.303 e. The molecule has 8 heteroatoms. The normalized spacial score (nSPS) is 30.0. The molecule has 0 aromatic rings. The van der Waals surface area contributed by atoms with Crippen molar-refractivity contribution in [3.05, 3.63) is 0 Å². The second-order valence-electron chi connectivity index (χ2n) is 5.58. The molecule has 8 nitrogen and oxygen atoms in total. The number of carbonyl (C=O) groups excluding carboxylic acids is 4. The van der Waals surface area contributed by atoms with Crippen LogP contribution in [-0.4, -0.2) is 48.3 Å². The third kappa shape index (κ3) is 5.54. The Morgan fingerprint density at radius 1 is 0.652 bits per heavy atom. The lowest BCUT2D eigenvalue weighted by atomic mass is 9.81. The predicted molar refractivity (Wildman–Crippen MR) is 76.0 cm³/mol. The highest BCUT2D eigenvalue weighted by Gasteiger charge is 2.50. The molecule has 0 N–H and O–H groups in total. The highest BCUT2D eigenvalue weighted by Crippen LogP contribution is 2.33. The van der Waals surface area contributed by atoms with E-state index in [4.69, 9.17) is 18.9 Å². The largest absolute Gasteiger partial charge is 0.458 e. The number of hydrogen-bond acceptors (Lipinski definition) is 8. The van der Waals surface area contributed by atoms with Gasteiger partial charge in [0.25, 0.3) is 0 Å². The highest BCUT2D eigenvalue weighted by molar-refractivity contribution is 5.69. The average Bonchev–Trinajstić information content (AvgIpc) is 2.36. The number of rotatable bonds is 4. The van der Waals surface area contributed by atoms with Crippen molar-refractivity contribution in [1.29, 1.82) is 0 Å². The number of hydrogen-bond donors (Lipinski definition) is 0. The van der Waals surface area contributed by atoms with Crippen LogP contribution in [0.3, 0.4) is 0 Å². The average molecular weight is 330 g/mol. The van der Waals surface area contributed by atoms with Gasteiger partial charge in [-0.1, -0.05) is 6.92 Å². The van der Waals surface area contributed by atoms with Crippen molar-refractivity contribution in [1.82, 2.24) is 0 Å². The molecule has 130 valence electrons. The van der Waals surface area contributed by atoms with Crippen molar-refractivity contribution in [3.8, 4) is 0 Å². The van der Waals surface area contributed by atoms with E-state index in [0.29, 0.717) is 6.42 Å². The molecule has 1 fully saturated rings. The Balaban J connectivity index is 3.15. The van der Waals surface area contributed by atoms with Crippen LogP contribution in [0.25, 0.3) is 0 Å². The van der Waals surface area contributed by atoms with E-state index in [1.807, 2.05) is 0 Å². The van der Waals surface area contributed by atoms with E-state index in [1.54, 1.807) is 6.92 Å². The lowest BCUT2D eigenvalue weighted by Crippen LogP contribution is -2.58. The summed E-state index contributed by atoms with van der Waals surface area (Å²) in [6, 6.07) is 0. The first-order valence-electron chi connectivity index (χ1n) is 7.30. The van der Waals surface area contributed by atoms with E-state index < -0.39 is 48.3 Å². The van der Waals surface area contributed by atoms with Crippen LogP contribution in [-0.2, 0) is 38.1 Å². The van der Waals surface area contributed by atoms with Crippen molar-refractivity contribution >= 4 is 23.9 Å². The number of carbonyl (C=O) groups is 4. The van der Waals surface area contributed by atoms with Crippen LogP contribution in [0.5, 0.6) is 0 Å². The summed E-state index contributed by atoms with van der Waals surface area (Å²) in [5, 5.41) is 0. The quantitative estimate of drug-likeness (QED) is 0.549. The van der Waals surface area contributed by atoms with Gasteiger partial charge in [0.05, 0.1) is 0 Å². The minimum atomic E-state index is -1.05. The molecule has 0 saturated heterocycles. The molecule has 0 aliphatic heterocycles. The van der Waals surface area contributed by atoms with Gasteiger partial charge >= 0.3 is 23.9 Å². The minimum absolute atomic E-state index is 0.264. The van der Waals surface area contributed by atoms with Crippen LogP contribution in [0.2, 0.25) is 0 Å². The Morgan fingerprint density at radius 3 is 1.48 bits per heavy atom. The SMILES string of the molecule is CC(=O)O[C@H]1[C@H](OC(C)=O)[C@@H](C)C[C@@H](OC(C)=O)[C@H]1OC(C)=O. The van der Waals surface area contributed by atoms with Gasteiger partial charge in [-0.15, -0.1) is 0 Å². The lowest BCUT2D eigenvalue weighted by Gasteiger charge is -2.43. The molecule has 0 amide bonds. The molecule has 1 saturated carbocycles. The summed E-state index contributed by atoms with van der Waals surface area (Å²) < 4.78 is 20.8. The van der Waals surface area contributed by atoms with Crippen LogP contribution in [0.15, 0.2) is 0 Å². The van der Waals surface area contributed by atoms with Crippen molar-refractivity contribution in [3.63, 3.8) is 0 Å². The second-order valence-corrected chi connectivity index (χ2v) is 5.58. The molecule has 1 aliphatic carbocycles. The summed E-state index contributed by atoms with van der Waals surface area (Å²) in [5.41, 5.74) is 0. The maximum Gasteiger partial charge on any atom is 0.303 e. The van der Waals surface area contributed by atoms with Crippen LogP contribution in [0.4, 0.5) is 0 Å². The molecule has 1 aliphatic rings. The Bertz CT molecular complexity index is 486. The molecule has 5 atom stereocenters. The van der Waals surface area contributed by atoms with Gasteiger partial charge in [-0.05, 0) is 6.42 Å². The molecular weight excluding hydrogens is 308 g/mol. The van der Waals surface area contributed by atoms with Crippen LogP contribution in [0, 0.1) is 5.92 Å². The van der Waals surface area contributed by atoms with E-state index in [-0.39, 0.29) is 5.92 Å². The van der Waals surface area contributed by atoms with Gasteiger partial charge in [0.15, 0.2) is 12.2 Å². The van der Waals surface area contributed by atoms with Gasteiger partial charge in [-0.2, -0.15) is 0 Å². The van der Waals surface area contributed by atoms with Crippen molar-refractivity contribution in [2.45, 2.75) is 65.5 Å². The third-order valence-electron chi connectivity index (χ3n) is 3.40. The fraction of sp³-hybridized carbons (Fsp3) is 0.733. The third-order valence-corrected chi connectivity index (χ3v) is 3.40. The fourth-order valence-corrected chi connectivity index (χ4v) is 2.72. The van der Waals surface area contributed by atoms with E-state index in [2.05, 4.69) is 0 Å². The Hall–Kier alpha value is -2.12. The zero-order chi connectivity index (χ0) is 17.7. The Labute approximate surface area is 134 Å². The zero-order valence-electron chi connectivity index (χ0n) is 13.9. The van der Waals surface area contributed by atoms with Crippen LogP contribution in [0.1, 0.15) is 41.0 Å². The summed E-state index contributed by atoms with van der Waals surface area (Å²) in [4.78, 5) is 45.4. The molecule has 0 bridgehead atoms. The van der Waals surface area contributed by atoms with Crippen molar-refractivity contribution in [2.75, 3.05) is 0 Å². The minimum Gasteiger partial charge on any atom is -0.458 e. The number of esters is 4. The molecule has 1 rings (SSSR count). The topological polar surface area (TPSA) is 105 Å². The standard InChI is InChI=1S/C15H22O8/c1-7-6-12(20-8(2)16)14(22-10(4)18)15(23-11(5)19)13(7)21-9(3)17/h7,12-15H,6H2,1-5H3/t7-,12+,13+,14+,15-/m0/s1. The Morgan fingerprint density at radius 2 is 1.04 bits per heavy atom. The molecular formula is C15H22O8. The predicted octanol–water partition coefficient (Wildman–Crippen LogP) is 0.753. The molecule has 0 heterocycles. The first-order valence-corrected chi connectivity index (χ1v) is 7.30. The maximum absolute atomic E-state index is 11.4. The molecule has 23 heavy (non-hydrogen) atoms. The van der Waals surface area contributed by atoms with E-state index in [1.165, 1.54) is 27.7 Å². The number of ether oxygens (including phenoxy) is 4.